The minimum Gasteiger partial charge on any atom is -0.303 e. The van der Waals surface area contributed by atoms with Gasteiger partial charge in [0, 0.05) is 6.54 Å². The van der Waals surface area contributed by atoms with Gasteiger partial charge in [0.2, 0.25) is 0 Å². The van der Waals surface area contributed by atoms with E-state index in [-0.39, 0.29) is 0 Å². The Bertz CT molecular complexity index is 368. The van der Waals surface area contributed by atoms with E-state index in [9.17, 15) is 0 Å². The van der Waals surface area contributed by atoms with E-state index in [1.165, 1.54) is 76.6 Å². The first-order valence-electron chi connectivity index (χ1n) is 8.13. The molecule has 0 N–H and O–H groups in total. The molecule has 0 amide bonds. The zero-order valence-electron chi connectivity index (χ0n) is 12.1. The Kier molecular flexibility index (Phi) is 4.22. The normalized spacial score (nSPS) is 23.6. The van der Waals surface area contributed by atoms with Crippen molar-refractivity contribution in [3.8, 4) is 0 Å². The summed E-state index contributed by atoms with van der Waals surface area (Å²) in [5.41, 5.74) is 2.24. The van der Waals surface area contributed by atoms with Crippen LogP contribution < -0.4 is 0 Å². The van der Waals surface area contributed by atoms with Gasteiger partial charge in [-0.2, -0.15) is 0 Å². The highest BCUT2D eigenvalue weighted by molar-refractivity contribution is 5.14. The Morgan fingerprint density at radius 2 is 1.53 bits per heavy atom. The highest BCUT2D eigenvalue weighted by Crippen LogP contribution is 2.44. The van der Waals surface area contributed by atoms with Crippen LogP contribution in [0.1, 0.15) is 50.5 Å². The lowest BCUT2D eigenvalue weighted by molar-refractivity contribution is 0.0684. The monoisotopic (exact) mass is 257 g/mol. The molecule has 1 aliphatic heterocycles. The molecule has 0 radical (unpaired) electrons. The van der Waals surface area contributed by atoms with Crippen molar-refractivity contribution in [3.05, 3.63) is 35.9 Å². The third-order valence-corrected chi connectivity index (χ3v) is 5.39. The van der Waals surface area contributed by atoms with E-state index in [1.54, 1.807) is 0 Å². The maximum Gasteiger partial charge on any atom is 0.00218 e. The van der Waals surface area contributed by atoms with E-state index >= 15 is 0 Å². The molecule has 2 fully saturated rings. The number of piperidine rings is 1. The Hall–Kier alpha value is -0.820. The van der Waals surface area contributed by atoms with E-state index in [2.05, 4.69) is 35.2 Å². The average Bonchev–Trinajstić information content (AvgIpc) is 2.49. The molecule has 3 rings (SSSR count). The van der Waals surface area contributed by atoms with Crippen LogP contribution in [0.15, 0.2) is 30.3 Å². The first kappa shape index (κ1) is 13.2. The summed E-state index contributed by atoms with van der Waals surface area (Å²) in [6, 6.07) is 10.9. The summed E-state index contributed by atoms with van der Waals surface area (Å²) < 4.78 is 0. The van der Waals surface area contributed by atoms with Crippen LogP contribution in [0.5, 0.6) is 0 Å². The van der Waals surface area contributed by atoms with Crippen LogP contribution in [0.3, 0.4) is 0 Å². The van der Waals surface area contributed by atoms with Crippen LogP contribution in [0.2, 0.25) is 0 Å². The molecular weight excluding hydrogens is 230 g/mol. The zero-order chi connectivity index (χ0) is 13.0. The fourth-order valence-electron chi connectivity index (χ4n) is 3.98. The molecule has 1 aromatic rings. The molecule has 1 saturated heterocycles. The van der Waals surface area contributed by atoms with Gasteiger partial charge >= 0.3 is 0 Å². The number of rotatable bonds is 3. The molecule has 1 heterocycles. The zero-order valence-corrected chi connectivity index (χ0v) is 12.1. The van der Waals surface area contributed by atoms with Gasteiger partial charge in [0.1, 0.15) is 0 Å². The average molecular weight is 257 g/mol. The summed E-state index contributed by atoms with van der Waals surface area (Å²) in [6.45, 7) is 3.93. The third-order valence-electron chi connectivity index (χ3n) is 5.39. The number of benzene rings is 1. The molecule has 0 unspecified atom stereocenters. The second kappa shape index (κ2) is 6.09. The van der Waals surface area contributed by atoms with Crippen LogP contribution in [0.25, 0.3) is 0 Å². The van der Waals surface area contributed by atoms with E-state index in [4.69, 9.17) is 0 Å². The number of likely N-dealkylation sites (tertiary alicyclic amines) is 1. The van der Waals surface area contributed by atoms with Crippen LogP contribution in [-0.4, -0.2) is 24.5 Å². The van der Waals surface area contributed by atoms with Crippen LogP contribution in [0.4, 0.5) is 0 Å². The summed E-state index contributed by atoms with van der Waals surface area (Å²) in [4.78, 5) is 2.69. The standard InChI is InChI=1S/C18H27N/c1-3-7-17(8-4-1)9-14-19-15-12-18(13-16-19)10-5-2-6-11-18/h1,3-4,7-8H,2,5-6,9-16H2. The second-order valence-corrected chi connectivity index (χ2v) is 6.64. The minimum atomic E-state index is 0.751. The van der Waals surface area contributed by atoms with E-state index in [1.807, 2.05) is 0 Å². The molecule has 1 aromatic carbocycles. The summed E-state index contributed by atoms with van der Waals surface area (Å²) in [5.74, 6) is 0. The Labute approximate surface area is 118 Å². The summed E-state index contributed by atoms with van der Waals surface area (Å²) in [6.07, 6.45) is 11.6. The lowest BCUT2D eigenvalue weighted by Crippen LogP contribution is -2.41. The van der Waals surface area contributed by atoms with Crippen molar-refractivity contribution < 1.29 is 0 Å². The van der Waals surface area contributed by atoms with Crippen LogP contribution >= 0.6 is 0 Å². The first-order chi connectivity index (χ1) is 9.36. The van der Waals surface area contributed by atoms with Crippen molar-refractivity contribution in [1.82, 2.24) is 4.90 Å². The van der Waals surface area contributed by atoms with Gasteiger partial charge in [0.05, 0.1) is 0 Å². The van der Waals surface area contributed by atoms with Crippen molar-refractivity contribution in [1.29, 1.82) is 0 Å². The summed E-state index contributed by atoms with van der Waals surface area (Å²) in [5, 5.41) is 0. The molecule has 104 valence electrons. The summed E-state index contributed by atoms with van der Waals surface area (Å²) in [7, 11) is 0. The molecule has 1 saturated carbocycles. The molecule has 1 heteroatoms. The third kappa shape index (κ3) is 3.39. The molecule has 2 aliphatic rings. The smallest absolute Gasteiger partial charge is 0.00218 e. The number of hydrogen-bond donors (Lipinski definition) is 0. The molecule has 0 aromatic heterocycles. The Balaban J connectivity index is 1.45. The fraction of sp³-hybridized carbons (Fsp3) is 0.667. The lowest BCUT2D eigenvalue weighted by atomic mass is 9.68. The van der Waals surface area contributed by atoms with Gasteiger partial charge < -0.3 is 4.90 Å². The van der Waals surface area contributed by atoms with Crippen molar-refractivity contribution in [3.63, 3.8) is 0 Å². The van der Waals surface area contributed by atoms with Gasteiger partial charge in [-0.15, -0.1) is 0 Å². The maximum atomic E-state index is 2.69. The molecule has 1 spiro atoms. The van der Waals surface area contributed by atoms with Gasteiger partial charge in [-0.3, -0.25) is 0 Å². The maximum absolute atomic E-state index is 2.69. The van der Waals surface area contributed by atoms with E-state index < -0.39 is 0 Å². The number of nitrogens with zero attached hydrogens (tertiary/aromatic N) is 1. The predicted octanol–water partition coefficient (Wildman–Crippen LogP) is 4.28. The van der Waals surface area contributed by atoms with Crippen LogP contribution in [0, 0.1) is 5.41 Å². The molecule has 19 heavy (non-hydrogen) atoms. The van der Waals surface area contributed by atoms with Crippen molar-refractivity contribution >= 4 is 0 Å². The van der Waals surface area contributed by atoms with Gasteiger partial charge in [-0.05, 0) is 56.2 Å². The first-order valence-corrected chi connectivity index (χ1v) is 8.13. The van der Waals surface area contributed by atoms with Crippen molar-refractivity contribution in [2.45, 2.75) is 51.4 Å². The highest BCUT2D eigenvalue weighted by Gasteiger charge is 2.35. The van der Waals surface area contributed by atoms with Gasteiger partial charge in [0.15, 0.2) is 0 Å². The fourth-order valence-corrected chi connectivity index (χ4v) is 3.98. The summed E-state index contributed by atoms with van der Waals surface area (Å²) >= 11 is 0. The van der Waals surface area contributed by atoms with Crippen molar-refractivity contribution in [2.75, 3.05) is 19.6 Å². The molecule has 0 bridgehead atoms. The largest absolute Gasteiger partial charge is 0.303 e. The molecular formula is C18H27N. The van der Waals surface area contributed by atoms with Gasteiger partial charge in [-0.25, -0.2) is 0 Å². The van der Waals surface area contributed by atoms with Crippen LogP contribution in [-0.2, 0) is 6.42 Å². The van der Waals surface area contributed by atoms with Gasteiger partial charge in [-0.1, -0.05) is 49.6 Å². The predicted molar refractivity (Wildman–Crippen MR) is 81.3 cm³/mol. The Morgan fingerprint density at radius 1 is 0.842 bits per heavy atom. The van der Waals surface area contributed by atoms with Gasteiger partial charge in [0.25, 0.3) is 0 Å². The molecule has 1 nitrogen and oxygen atoms in total. The molecule has 0 atom stereocenters. The van der Waals surface area contributed by atoms with E-state index in [0.29, 0.717) is 0 Å². The lowest BCUT2D eigenvalue weighted by Gasteiger charge is -2.44. The minimum absolute atomic E-state index is 0.751. The second-order valence-electron chi connectivity index (χ2n) is 6.64. The topological polar surface area (TPSA) is 3.24 Å². The van der Waals surface area contributed by atoms with E-state index in [0.717, 1.165) is 5.41 Å². The SMILES string of the molecule is c1ccc(CCN2CCC3(CCCCC3)CC2)cc1. The highest BCUT2D eigenvalue weighted by atomic mass is 15.1. The number of hydrogen-bond acceptors (Lipinski definition) is 1. The van der Waals surface area contributed by atoms with Crippen molar-refractivity contribution in [2.24, 2.45) is 5.41 Å². The molecule has 1 aliphatic carbocycles. The Morgan fingerprint density at radius 3 is 2.21 bits per heavy atom. The quantitative estimate of drug-likeness (QED) is 0.781.